The van der Waals surface area contributed by atoms with E-state index in [0.717, 1.165) is 12.0 Å². The fourth-order valence-corrected chi connectivity index (χ4v) is 2.22. The highest BCUT2D eigenvalue weighted by molar-refractivity contribution is 5.74. The number of carbonyl (C=O) groups is 2. The Bertz CT molecular complexity index is 450. The molecule has 6 heteroatoms. The summed E-state index contributed by atoms with van der Waals surface area (Å²) in [5.41, 5.74) is 0.990. The third kappa shape index (κ3) is 3.94. The number of carboxylic acid groups (broad SMARTS) is 1. The minimum Gasteiger partial charge on any atom is -0.481 e. The normalized spacial score (nSPS) is 18.3. The van der Waals surface area contributed by atoms with E-state index >= 15 is 0 Å². The van der Waals surface area contributed by atoms with Gasteiger partial charge in [-0.2, -0.15) is 0 Å². The van der Waals surface area contributed by atoms with Gasteiger partial charge in [0.25, 0.3) is 0 Å². The van der Waals surface area contributed by atoms with Crippen LogP contribution in [-0.4, -0.2) is 40.1 Å². The first-order valence-corrected chi connectivity index (χ1v) is 6.28. The fraction of sp³-hybridized carbons (Fsp3) is 0.462. The van der Waals surface area contributed by atoms with Crippen LogP contribution in [0.5, 0.6) is 0 Å². The molecule has 19 heavy (non-hydrogen) atoms. The first-order chi connectivity index (χ1) is 9.15. The number of amides is 2. The molecule has 1 saturated heterocycles. The third-order valence-electron chi connectivity index (χ3n) is 3.23. The van der Waals surface area contributed by atoms with E-state index in [1.807, 2.05) is 12.1 Å². The van der Waals surface area contributed by atoms with Gasteiger partial charge in [0.1, 0.15) is 0 Å². The maximum atomic E-state index is 11.9. The number of carboxylic acids is 1. The average Bonchev–Trinajstić information content (AvgIpc) is 2.85. The number of nitrogens with zero attached hydrogens (tertiary/aromatic N) is 2. The van der Waals surface area contributed by atoms with Gasteiger partial charge in [-0.25, -0.2) is 4.79 Å². The lowest BCUT2D eigenvalue weighted by molar-refractivity contribution is -0.138. The second-order valence-corrected chi connectivity index (χ2v) is 4.71. The molecule has 1 aliphatic rings. The summed E-state index contributed by atoms with van der Waals surface area (Å²) >= 11 is 0. The van der Waals surface area contributed by atoms with Crippen LogP contribution in [0.4, 0.5) is 4.79 Å². The van der Waals surface area contributed by atoms with Crippen LogP contribution in [-0.2, 0) is 11.3 Å². The highest BCUT2D eigenvalue weighted by Crippen LogP contribution is 2.19. The molecule has 2 N–H and O–H groups in total. The number of hydrogen-bond donors (Lipinski definition) is 2. The number of carbonyl (C=O) groups excluding carboxylic acids is 1. The summed E-state index contributed by atoms with van der Waals surface area (Å²) in [5.74, 6) is -0.729. The van der Waals surface area contributed by atoms with Crippen LogP contribution >= 0.6 is 0 Å². The van der Waals surface area contributed by atoms with E-state index in [4.69, 9.17) is 5.11 Å². The lowest BCUT2D eigenvalue weighted by atomic mass is 10.1. The van der Waals surface area contributed by atoms with Crippen molar-refractivity contribution in [3.05, 3.63) is 30.1 Å². The number of hydrogen-bond acceptors (Lipinski definition) is 3. The fourth-order valence-electron chi connectivity index (χ4n) is 2.22. The summed E-state index contributed by atoms with van der Waals surface area (Å²) in [6.07, 6.45) is 4.25. The first-order valence-electron chi connectivity index (χ1n) is 6.28. The molecule has 0 spiro atoms. The molecular weight excluding hydrogens is 246 g/mol. The van der Waals surface area contributed by atoms with Crippen molar-refractivity contribution in [3.8, 4) is 0 Å². The molecule has 1 unspecified atom stereocenters. The zero-order valence-electron chi connectivity index (χ0n) is 10.6. The number of pyridine rings is 1. The lowest BCUT2D eigenvalue weighted by Crippen LogP contribution is -2.38. The molecule has 1 fully saturated rings. The minimum absolute atomic E-state index is 0.0733. The van der Waals surface area contributed by atoms with Crippen LogP contribution in [0.2, 0.25) is 0 Å². The van der Waals surface area contributed by atoms with Gasteiger partial charge in [0, 0.05) is 38.4 Å². The Labute approximate surface area is 111 Å². The van der Waals surface area contributed by atoms with E-state index in [9.17, 15) is 9.59 Å². The monoisotopic (exact) mass is 263 g/mol. The summed E-state index contributed by atoms with van der Waals surface area (Å²) < 4.78 is 0. The Morgan fingerprint density at radius 1 is 1.42 bits per heavy atom. The number of urea groups is 1. The van der Waals surface area contributed by atoms with Crippen molar-refractivity contribution in [2.75, 3.05) is 13.1 Å². The van der Waals surface area contributed by atoms with Gasteiger partial charge in [-0.05, 0) is 30.0 Å². The second kappa shape index (κ2) is 6.17. The Kier molecular flexibility index (Phi) is 4.33. The number of nitrogens with one attached hydrogen (secondary N) is 1. The number of aromatic nitrogens is 1. The molecule has 2 amide bonds. The Hall–Kier alpha value is -2.11. The number of rotatable bonds is 4. The molecule has 1 aromatic rings. The van der Waals surface area contributed by atoms with E-state index in [0.29, 0.717) is 19.6 Å². The maximum Gasteiger partial charge on any atom is 0.317 e. The van der Waals surface area contributed by atoms with Crippen LogP contribution in [0.15, 0.2) is 24.5 Å². The van der Waals surface area contributed by atoms with E-state index in [1.54, 1.807) is 17.3 Å². The highest BCUT2D eigenvalue weighted by Gasteiger charge is 2.27. The van der Waals surface area contributed by atoms with Crippen molar-refractivity contribution < 1.29 is 14.7 Å². The molecule has 102 valence electrons. The number of likely N-dealkylation sites (tertiary alicyclic amines) is 1. The SMILES string of the molecule is O=C(O)CC1CCN(C(=O)NCc2ccncc2)C1. The molecule has 2 rings (SSSR count). The summed E-state index contributed by atoms with van der Waals surface area (Å²) in [4.78, 5) is 28.1. The first kappa shape index (κ1) is 13.3. The van der Waals surface area contributed by atoms with E-state index in [2.05, 4.69) is 10.3 Å². The van der Waals surface area contributed by atoms with Gasteiger partial charge >= 0.3 is 12.0 Å². The van der Waals surface area contributed by atoms with Crippen molar-refractivity contribution in [1.82, 2.24) is 15.2 Å². The Balaban J connectivity index is 1.77. The molecule has 0 saturated carbocycles. The van der Waals surface area contributed by atoms with E-state index in [1.165, 1.54) is 0 Å². The molecule has 1 aliphatic heterocycles. The van der Waals surface area contributed by atoms with Crippen molar-refractivity contribution >= 4 is 12.0 Å². The largest absolute Gasteiger partial charge is 0.481 e. The molecule has 6 nitrogen and oxygen atoms in total. The lowest BCUT2D eigenvalue weighted by Gasteiger charge is -2.17. The summed E-state index contributed by atoms with van der Waals surface area (Å²) in [6.45, 7) is 1.61. The summed E-state index contributed by atoms with van der Waals surface area (Å²) in [6, 6.07) is 3.55. The minimum atomic E-state index is -0.802. The van der Waals surface area contributed by atoms with Crippen LogP contribution in [0.3, 0.4) is 0 Å². The number of aliphatic carboxylic acids is 1. The van der Waals surface area contributed by atoms with Crippen molar-refractivity contribution in [2.24, 2.45) is 5.92 Å². The zero-order valence-corrected chi connectivity index (χ0v) is 10.6. The third-order valence-corrected chi connectivity index (χ3v) is 3.23. The van der Waals surface area contributed by atoms with Crippen molar-refractivity contribution in [1.29, 1.82) is 0 Å². The molecule has 0 bridgehead atoms. The smallest absolute Gasteiger partial charge is 0.317 e. The van der Waals surface area contributed by atoms with Gasteiger partial charge < -0.3 is 15.3 Å². The predicted octanol–water partition coefficient (Wildman–Crippen LogP) is 1.09. The van der Waals surface area contributed by atoms with Crippen LogP contribution < -0.4 is 5.32 Å². The van der Waals surface area contributed by atoms with E-state index < -0.39 is 5.97 Å². The standard InChI is InChI=1S/C13H17N3O3/c17-12(18)7-11-3-6-16(9-11)13(19)15-8-10-1-4-14-5-2-10/h1-2,4-5,11H,3,6-9H2,(H,15,19)(H,17,18). The van der Waals surface area contributed by atoms with Gasteiger partial charge in [-0.3, -0.25) is 9.78 Å². The van der Waals surface area contributed by atoms with Crippen molar-refractivity contribution in [2.45, 2.75) is 19.4 Å². The molecule has 0 radical (unpaired) electrons. The molecule has 1 atom stereocenters. The molecular formula is C13H17N3O3. The van der Waals surface area contributed by atoms with Gasteiger partial charge in [0.15, 0.2) is 0 Å². The van der Waals surface area contributed by atoms with Gasteiger partial charge in [0.05, 0.1) is 0 Å². The molecule has 2 heterocycles. The molecule has 1 aromatic heterocycles. The van der Waals surface area contributed by atoms with Crippen LogP contribution in [0.1, 0.15) is 18.4 Å². The van der Waals surface area contributed by atoms with Crippen LogP contribution in [0.25, 0.3) is 0 Å². The van der Waals surface area contributed by atoms with Gasteiger partial charge in [-0.15, -0.1) is 0 Å². The molecule has 0 aromatic carbocycles. The zero-order chi connectivity index (χ0) is 13.7. The Morgan fingerprint density at radius 3 is 2.84 bits per heavy atom. The second-order valence-electron chi connectivity index (χ2n) is 4.71. The Morgan fingerprint density at radius 2 is 2.16 bits per heavy atom. The predicted molar refractivity (Wildman–Crippen MR) is 68.4 cm³/mol. The van der Waals surface area contributed by atoms with Crippen LogP contribution in [0, 0.1) is 5.92 Å². The average molecular weight is 263 g/mol. The molecule has 0 aliphatic carbocycles. The topological polar surface area (TPSA) is 82.5 Å². The summed E-state index contributed by atoms with van der Waals surface area (Å²) in [7, 11) is 0. The van der Waals surface area contributed by atoms with Crippen molar-refractivity contribution in [3.63, 3.8) is 0 Å². The highest BCUT2D eigenvalue weighted by atomic mass is 16.4. The van der Waals surface area contributed by atoms with E-state index in [-0.39, 0.29) is 18.4 Å². The quantitative estimate of drug-likeness (QED) is 0.851. The summed E-state index contributed by atoms with van der Waals surface area (Å²) in [5, 5.41) is 11.6. The van der Waals surface area contributed by atoms with Gasteiger partial charge in [0.2, 0.25) is 0 Å². The van der Waals surface area contributed by atoms with Gasteiger partial charge in [-0.1, -0.05) is 0 Å². The maximum absolute atomic E-state index is 11.9.